The van der Waals surface area contributed by atoms with E-state index < -0.39 is 33.4 Å². The molecule has 1 aromatic rings. The molecule has 0 aliphatic carbocycles. The molecule has 0 aliphatic heterocycles. The SMILES string of the molecule is CC(=O)C(NS(=O)(=O)c1ccc(C)cc1)C(=O)OC(C)(C)C. The minimum atomic E-state index is -3.99. The number of carbonyl (C=O) groups excluding carboxylic acids is 2. The molecule has 0 amide bonds. The number of esters is 1. The molecule has 0 saturated carbocycles. The van der Waals surface area contributed by atoms with Crippen LogP contribution in [0.4, 0.5) is 0 Å². The molecule has 1 N–H and O–H groups in total. The molecule has 1 unspecified atom stereocenters. The summed E-state index contributed by atoms with van der Waals surface area (Å²) >= 11 is 0. The van der Waals surface area contributed by atoms with E-state index in [2.05, 4.69) is 4.72 Å². The molecule has 0 aromatic heterocycles. The Balaban J connectivity index is 3.02. The zero-order valence-electron chi connectivity index (χ0n) is 13.3. The van der Waals surface area contributed by atoms with Crippen LogP contribution in [0.25, 0.3) is 0 Å². The molecular formula is C15H21NO5S. The first-order valence-electron chi connectivity index (χ1n) is 6.75. The van der Waals surface area contributed by atoms with Gasteiger partial charge in [0.15, 0.2) is 11.8 Å². The summed E-state index contributed by atoms with van der Waals surface area (Å²) in [5.74, 6) is -1.55. The van der Waals surface area contributed by atoms with Crippen LogP contribution < -0.4 is 4.72 Å². The maximum absolute atomic E-state index is 12.3. The van der Waals surface area contributed by atoms with E-state index in [9.17, 15) is 18.0 Å². The van der Waals surface area contributed by atoms with E-state index in [4.69, 9.17) is 4.74 Å². The molecule has 0 spiro atoms. The van der Waals surface area contributed by atoms with Crippen LogP contribution in [0, 0.1) is 6.92 Å². The first-order valence-corrected chi connectivity index (χ1v) is 8.23. The minimum Gasteiger partial charge on any atom is -0.458 e. The van der Waals surface area contributed by atoms with Crippen molar-refractivity contribution in [2.45, 2.75) is 51.2 Å². The summed E-state index contributed by atoms with van der Waals surface area (Å²) in [4.78, 5) is 23.6. The van der Waals surface area contributed by atoms with Gasteiger partial charge in [-0.2, -0.15) is 4.72 Å². The summed E-state index contributed by atoms with van der Waals surface area (Å²) < 4.78 is 31.7. The fraction of sp³-hybridized carbons (Fsp3) is 0.467. The number of rotatable bonds is 5. The van der Waals surface area contributed by atoms with Crippen molar-refractivity contribution in [3.8, 4) is 0 Å². The van der Waals surface area contributed by atoms with Gasteiger partial charge in [-0.1, -0.05) is 17.7 Å². The fourth-order valence-electron chi connectivity index (χ4n) is 1.60. The number of benzene rings is 1. The standard InChI is InChI=1S/C15H21NO5S/c1-10-6-8-12(9-7-10)22(19,20)16-13(11(2)17)14(18)21-15(3,4)5/h6-9,13,16H,1-5H3. The van der Waals surface area contributed by atoms with Crippen LogP contribution in [0.15, 0.2) is 29.2 Å². The zero-order valence-corrected chi connectivity index (χ0v) is 14.2. The Kier molecular flexibility index (Phi) is 5.48. The highest BCUT2D eigenvalue weighted by molar-refractivity contribution is 7.89. The van der Waals surface area contributed by atoms with E-state index in [1.54, 1.807) is 32.9 Å². The van der Waals surface area contributed by atoms with Gasteiger partial charge < -0.3 is 4.74 Å². The van der Waals surface area contributed by atoms with Gasteiger partial charge in [-0.05, 0) is 46.8 Å². The Morgan fingerprint density at radius 2 is 1.64 bits per heavy atom. The van der Waals surface area contributed by atoms with Crippen molar-refractivity contribution in [1.29, 1.82) is 0 Å². The molecule has 0 aliphatic rings. The second kappa shape index (κ2) is 6.58. The minimum absolute atomic E-state index is 0.0205. The molecule has 1 aromatic carbocycles. The molecule has 0 heterocycles. The molecule has 0 bridgehead atoms. The summed E-state index contributed by atoms with van der Waals surface area (Å²) in [5.41, 5.74) is 0.0781. The molecule has 1 rings (SSSR count). The first kappa shape index (κ1) is 18.3. The van der Waals surface area contributed by atoms with Gasteiger partial charge in [-0.25, -0.2) is 13.2 Å². The number of ether oxygens (including phenoxy) is 1. The second-order valence-corrected chi connectivity index (χ2v) is 7.73. The smallest absolute Gasteiger partial charge is 0.332 e. The van der Waals surface area contributed by atoms with Crippen molar-refractivity contribution in [1.82, 2.24) is 4.72 Å². The maximum Gasteiger partial charge on any atom is 0.332 e. The van der Waals surface area contributed by atoms with Crippen LogP contribution in [-0.2, 0) is 24.3 Å². The van der Waals surface area contributed by atoms with Crippen molar-refractivity contribution in [2.24, 2.45) is 0 Å². The summed E-state index contributed by atoms with van der Waals surface area (Å²) in [6.07, 6.45) is 0. The number of ketones is 1. The maximum atomic E-state index is 12.3. The molecule has 122 valence electrons. The van der Waals surface area contributed by atoms with Gasteiger partial charge in [0.05, 0.1) is 4.90 Å². The highest BCUT2D eigenvalue weighted by Crippen LogP contribution is 2.13. The Morgan fingerprint density at radius 1 is 1.14 bits per heavy atom. The van der Waals surface area contributed by atoms with Gasteiger partial charge in [-0.15, -0.1) is 0 Å². The third-order valence-electron chi connectivity index (χ3n) is 2.65. The molecule has 22 heavy (non-hydrogen) atoms. The van der Waals surface area contributed by atoms with E-state index in [0.29, 0.717) is 0 Å². The molecule has 6 nitrogen and oxygen atoms in total. The molecule has 0 fully saturated rings. The van der Waals surface area contributed by atoms with Crippen LogP contribution >= 0.6 is 0 Å². The lowest BCUT2D eigenvalue weighted by atomic mass is 10.1. The average Bonchev–Trinajstić information content (AvgIpc) is 2.34. The predicted molar refractivity (Wildman–Crippen MR) is 81.8 cm³/mol. The van der Waals surface area contributed by atoms with E-state index in [1.807, 2.05) is 6.92 Å². The van der Waals surface area contributed by atoms with Crippen molar-refractivity contribution < 1.29 is 22.7 Å². The Hall–Kier alpha value is -1.73. The predicted octanol–water partition coefficient (Wildman–Crippen LogP) is 1.57. The summed E-state index contributed by atoms with van der Waals surface area (Å²) in [7, 11) is -3.99. The topological polar surface area (TPSA) is 89.5 Å². The Labute approximate surface area is 130 Å². The first-order chi connectivity index (χ1) is 9.92. The van der Waals surface area contributed by atoms with E-state index in [-0.39, 0.29) is 4.90 Å². The van der Waals surface area contributed by atoms with Gasteiger partial charge in [0, 0.05) is 0 Å². The quantitative estimate of drug-likeness (QED) is 0.655. The van der Waals surface area contributed by atoms with Gasteiger partial charge in [-0.3, -0.25) is 4.79 Å². The molecular weight excluding hydrogens is 306 g/mol. The van der Waals surface area contributed by atoms with Crippen molar-refractivity contribution in [3.63, 3.8) is 0 Å². The van der Waals surface area contributed by atoms with Gasteiger partial charge in [0.25, 0.3) is 0 Å². The largest absolute Gasteiger partial charge is 0.458 e. The Morgan fingerprint density at radius 3 is 2.05 bits per heavy atom. The lowest BCUT2D eigenvalue weighted by Gasteiger charge is -2.23. The highest BCUT2D eigenvalue weighted by atomic mass is 32.2. The lowest BCUT2D eigenvalue weighted by Crippen LogP contribution is -2.48. The van der Waals surface area contributed by atoms with Crippen LogP contribution in [0.3, 0.4) is 0 Å². The van der Waals surface area contributed by atoms with Gasteiger partial charge in [0.2, 0.25) is 10.0 Å². The number of Topliss-reactive ketones (excluding diaryl/α,β-unsaturated/α-hetero) is 1. The molecule has 1 atom stereocenters. The van der Waals surface area contributed by atoms with Gasteiger partial charge in [0.1, 0.15) is 5.60 Å². The normalized spacial score (nSPS) is 13.5. The molecule has 7 heteroatoms. The average molecular weight is 327 g/mol. The van der Waals surface area contributed by atoms with Crippen molar-refractivity contribution >= 4 is 21.8 Å². The number of sulfonamides is 1. The summed E-state index contributed by atoms with van der Waals surface area (Å²) in [6, 6.07) is 4.51. The number of hydrogen-bond acceptors (Lipinski definition) is 5. The van der Waals surface area contributed by atoms with Crippen LogP contribution in [0.1, 0.15) is 33.3 Å². The van der Waals surface area contributed by atoms with Crippen LogP contribution in [-0.4, -0.2) is 31.8 Å². The molecule has 0 saturated heterocycles. The number of hydrogen-bond donors (Lipinski definition) is 1. The van der Waals surface area contributed by atoms with E-state index >= 15 is 0 Å². The number of aryl methyl sites for hydroxylation is 1. The summed E-state index contributed by atoms with van der Waals surface area (Å²) in [6.45, 7) is 7.86. The third kappa shape index (κ3) is 5.23. The van der Waals surface area contributed by atoms with Crippen LogP contribution in [0.2, 0.25) is 0 Å². The highest BCUT2D eigenvalue weighted by Gasteiger charge is 2.33. The van der Waals surface area contributed by atoms with E-state index in [0.717, 1.165) is 12.5 Å². The third-order valence-corrected chi connectivity index (χ3v) is 4.09. The lowest BCUT2D eigenvalue weighted by molar-refractivity contribution is -0.158. The fourth-order valence-corrected chi connectivity index (χ4v) is 2.80. The van der Waals surface area contributed by atoms with Crippen molar-refractivity contribution in [2.75, 3.05) is 0 Å². The molecule has 0 radical (unpaired) electrons. The Bertz CT molecular complexity index is 656. The number of nitrogens with one attached hydrogen (secondary N) is 1. The monoisotopic (exact) mass is 327 g/mol. The van der Waals surface area contributed by atoms with E-state index in [1.165, 1.54) is 12.1 Å². The van der Waals surface area contributed by atoms with Crippen LogP contribution in [0.5, 0.6) is 0 Å². The van der Waals surface area contributed by atoms with Crippen molar-refractivity contribution in [3.05, 3.63) is 29.8 Å². The second-order valence-electron chi connectivity index (χ2n) is 6.01. The summed E-state index contributed by atoms with van der Waals surface area (Å²) in [5, 5.41) is 0. The zero-order chi connectivity index (χ0) is 17.1. The van der Waals surface area contributed by atoms with Gasteiger partial charge >= 0.3 is 5.97 Å². The number of carbonyl (C=O) groups is 2.